The first-order chi connectivity index (χ1) is 10.2. The molecule has 0 bridgehead atoms. The summed E-state index contributed by atoms with van der Waals surface area (Å²) >= 11 is 0. The van der Waals surface area contributed by atoms with Crippen LogP contribution in [0.3, 0.4) is 0 Å². The summed E-state index contributed by atoms with van der Waals surface area (Å²) in [6.07, 6.45) is 3.86. The van der Waals surface area contributed by atoms with Gasteiger partial charge in [0.1, 0.15) is 5.75 Å². The van der Waals surface area contributed by atoms with E-state index in [9.17, 15) is 5.11 Å². The zero-order valence-corrected chi connectivity index (χ0v) is 12.5. The SMILES string of the molecule is COc1ccc(C)cc1C(O)CNCCCn1ccnn1. The van der Waals surface area contributed by atoms with Crippen molar-refractivity contribution >= 4 is 0 Å². The molecule has 1 aromatic carbocycles. The molecule has 1 heterocycles. The summed E-state index contributed by atoms with van der Waals surface area (Å²) < 4.78 is 7.08. The summed E-state index contributed by atoms with van der Waals surface area (Å²) in [5.41, 5.74) is 1.93. The van der Waals surface area contributed by atoms with Crippen molar-refractivity contribution in [3.8, 4) is 5.75 Å². The molecule has 2 rings (SSSR count). The highest BCUT2D eigenvalue weighted by molar-refractivity contribution is 5.38. The van der Waals surface area contributed by atoms with Gasteiger partial charge in [-0.3, -0.25) is 4.68 Å². The molecule has 2 aromatic rings. The number of benzene rings is 1. The van der Waals surface area contributed by atoms with Gasteiger partial charge in [0.2, 0.25) is 0 Å². The van der Waals surface area contributed by atoms with Gasteiger partial charge in [-0.2, -0.15) is 0 Å². The Bertz CT molecular complexity index is 543. The summed E-state index contributed by atoms with van der Waals surface area (Å²) in [7, 11) is 1.62. The number of rotatable bonds is 8. The van der Waals surface area contributed by atoms with E-state index in [1.165, 1.54) is 0 Å². The fourth-order valence-corrected chi connectivity index (χ4v) is 2.18. The van der Waals surface area contributed by atoms with Crippen LogP contribution in [0.2, 0.25) is 0 Å². The molecule has 0 aliphatic rings. The van der Waals surface area contributed by atoms with Crippen LogP contribution in [0, 0.1) is 6.92 Å². The standard InChI is InChI=1S/C15H22N4O2/c1-12-4-5-15(21-2)13(10-12)14(20)11-16-6-3-8-19-9-7-17-18-19/h4-5,7,9-10,14,16,20H,3,6,8,11H2,1-2H3. The Hall–Kier alpha value is -1.92. The van der Waals surface area contributed by atoms with Crippen LogP contribution in [0.4, 0.5) is 0 Å². The third kappa shape index (κ3) is 4.54. The highest BCUT2D eigenvalue weighted by Crippen LogP contribution is 2.25. The third-order valence-corrected chi connectivity index (χ3v) is 3.29. The maximum absolute atomic E-state index is 10.3. The van der Waals surface area contributed by atoms with Gasteiger partial charge in [0.05, 0.1) is 19.4 Å². The summed E-state index contributed by atoms with van der Waals surface area (Å²) in [4.78, 5) is 0. The molecular weight excluding hydrogens is 268 g/mol. The predicted molar refractivity (Wildman–Crippen MR) is 80.2 cm³/mol. The summed E-state index contributed by atoms with van der Waals surface area (Å²) in [5, 5.41) is 21.2. The Balaban J connectivity index is 1.76. The molecule has 0 aliphatic carbocycles. The largest absolute Gasteiger partial charge is 0.496 e. The normalized spacial score (nSPS) is 12.3. The van der Waals surface area contributed by atoms with E-state index >= 15 is 0 Å². The lowest BCUT2D eigenvalue weighted by Gasteiger charge is -2.16. The van der Waals surface area contributed by atoms with Gasteiger partial charge in [-0.05, 0) is 32.0 Å². The number of aryl methyl sites for hydroxylation is 2. The quantitative estimate of drug-likeness (QED) is 0.717. The summed E-state index contributed by atoms with van der Waals surface area (Å²) in [6, 6.07) is 5.82. The van der Waals surface area contributed by atoms with Crippen LogP contribution in [0.5, 0.6) is 5.75 Å². The van der Waals surface area contributed by atoms with Gasteiger partial charge in [0.25, 0.3) is 0 Å². The van der Waals surface area contributed by atoms with E-state index in [0.717, 1.165) is 36.4 Å². The summed E-state index contributed by atoms with van der Waals surface area (Å²) in [5.74, 6) is 0.720. The molecule has 0 fully saturated rings. The Morgan fingerprint density at radius 2 is 2.29 bits per heavy atom. The smallest absolute Gasteiger partial charge is 0.124 e. The Kier molecular flexibility index (Phi) is 5.71. The van der Waals surface area contributed by atoms with Gasteiger partial charge in [0, 0.05) is 24.8 Å². The van der Waals surface area contributed by atoms with Crippen molar-refractivity contribution < 1.29 is 9.84 Å². The molecule has 0 aliphatic heterocycles. The van der Waals surface area contributed by atoms with E-state index in [-0.39, 0.29) is 0 Å². The van der Waals surface area contributed by atoms with Gasteiger partial charge in [-0.15, -0.1) is 5.10 Å². The van der Waals surface area contributed by atoms with Crippen molar-refractivity contribution in [2.75, 3.05) is 20.2 Å². The molecule has 1 atom stereocenters. The molecule has 21 heavy (non-hydrogen) atoms. The van der Waals surface area contributed by atoms with Gasteiger partial charge in [-0.25, -0.2) is 0 Å². The van der Waals surface area contributed by atoms with Crippen molar-refractivity contribution in [1.29, 1.82) is 0 Å². The third-order valence-electron chi connectivity index (χ3n) is 3.29. The van der Waals surface area contributed by atoms with Crippen LogP contribution in [0.15, 0.2) is 30.6 Å². The van der Waals surface area contributed by atoms with Crippen LogP contribution in [-0.2, 0) is 6.54 Å². The van der Waals surface area contributed by atoms with Gasteiger partial charge >= 0.3 is 0 Å². The zero-order valence-electron chi connectivity index (χ0n) is 12.5. The minimum absolute atomic E-state index is 0.497. The van der Waals surface area contributed by atoms with Crippen LogP contribution < -0.4 is 10.1 Å². The topological polar surface area (TPSA) is 72.2 Å². The minimum Gasteiger partial charge on any atom is -0.496 e. The van der Waals surface area contributed by atoms with Crippen molar-refractivity contribution in [2.24, 2.45) is 0 Å². The molecule has 1 unspecified atom stereocenters. The van der Waals surface area contributed by atoms with E-state index in [4.69, 9.17) is 4.74 Å². The fourth-order valence-electron chi connectivity index (χ4n) is 2.18. The molecule has 0 radical (unpaired) electrons. The minimum atomic E-state index is -0.578. The number of aliphatic hydroxyl groups excluding tert-OH is 1. The lowest BCUT2D eigenvalue weighted by molar-refractivity contribution is 0.170. The van der Waals surface area contributed by atoms with Crippen LogP contribution in [-0.4, -0.2) is 40.3 Å². The first kappa shape index (κ1) is 15.5. The molecule has 6 nitrogen and oxygen atoms in total. The highest BCUT2D eigenvalue weighted by Gasteiger charge is 2.12. The average molecular weight is 290 g/mol. The van der Waals surface area contributed by atoms with E-state index in [1.807, 2.05) is 31.3 Å². The van der Waals surface area contributed by atoms with E-state index in [0.29, 0.717) is 6.54 Å². The fraction of sp³-hybridized carbons (Fsp3) is 0.467. The molecule has 0 saturated carbocycles. The van der Waals surface area contributed by atoms with Crippen LogP contribution >= 0.6 is 0 Å². The monoisotopic (exact) mass is 290 g/mol. The second-order valence-electron chi connectivity index (χ2n) is 4.99. The Labute approximate surface area is 124 Å². The Morgan fingerprint density at radius 1 is 1.43 bits per heavy atom. The van der Waals surface area contributed by atoms with E-state index < -0.39 is 6.10 Å². The number of methoxy groups -OCH3 is 1. The van der Waals surface area contributed by atoms with E-state index in [2.05, 4.69) is 15.6 Å². The molecule has 114 valence electrons. The first-order valence-electron chi connectivity index (χ1n) is 7.08. The zero-order chi connectivity index (χ0) is 15.1. The molecule has 0 saturated heterocycles. The maximum atomic E-state index is 10.3. The molecular formula is C15H22N4O2. The van der Waals surface area contributed by atoms with E-state index in [1.54, 1.807) is 18.0 Å². The lowest BCUT2D eigenvalue weighted by Crippen LogP contribution is -2.23. The molecule has 2 N–H and O–H groups in total. The number of aromatic nitrogens is 3. The summed E-state index contributed by atoms with van der Waals surface area (Å²) in [6.45, 7) is 4.13. The number of hydrogen-bond donors (Lipinski definition) is 2. The number of ether oxygens (including phenoxy) is 1. The first-order valence-corrected chi connectivity index (χ1v) is 7.08. The van der Waals surface area contributed by atoms with Crippen molar-refractivity contribution in [1.82, 2.24) is 20.3 Å². The van der Waals surface area contributed by atoms with Crippen molar-refractivity contribution in [3.63, 3.8) is 0 Å². The highest BCUT2D eigenvalue weighted by atomic mass is 16.5. The predicted octanol–water partition coefficient (Wildman–Crippen LogP) is 1.31. The van der Waals surface area contributed by atoms with Gasteiger partial charge in [-0.1, -0.05) is 16.8 Å². The molecule has 0 amide bonds. The van der Waals surface area contributed by atoms with Crippen molar-refractivity contribution in [3.05, 3.63) is 41.7 Å². The average Bonchev–Trinajstić information content (AvgIpc) is 3.00. The maximum Gasteiger partial charge on any atom is 0.124 e. The molecule has 6 heteroatoms. The lowest BCUT2D eigenvalue weighted by atomic mass is 10.1. The Morgan fingerprint density at radius 3 is 3.00 bits per heavy atom. The number of hydrogen-bond acceptors (Lipinski definition) is 5. The van der Waals surface area contributed by atoms with Crippen LogP contribution in [0.1, 0.15) is 23.7 Å². The van der Waals surface area contributed by atoms with Crippen LogP contribution in [0.25, 0.3) is 0 Å². The molecule has 0 spiro atoms. The second-order valence-corrected chi connectivity index (χ2v) is 4.99. The number of aliphatic hydroxyl groups is 1. The van der Waals surface area contributed by atoms with Crippen molar-refractivity contribution in [2.45, 2.75) is 26.0 Å². The molecule has 1 aromatic heterocycles. The number of nitrogens with zero attached hydrogens (tertiary/aromatic N) is 3. The second kappa shape index (κ2) is 7.75. The van der Waals surface area contributed by atoms with Gasteiger partial charge < -0.3 is 15.2 Å². The van der Waals surface area contributed by atoms with Gasteiger partial charge in [0.15, 0.2) is 0 Å². The number of nitrogens with one attached hydrogen (secondary N) is 1.